The fourth-order valence-electron chi connectivity index (χ4n) is 2.40. The molecule has 0 saturated carbocycles. The Morgan fingerprint density at radius 3 is 2.48 bits per heavy atom. The van der Waals surface area contributed by atoms with E-state index in [1.807, 2.05) is 34.7 Å². The fraction of sp³-hybridized carbons (Fsp3) is 0.308. The number of aromatic nitrogens is 3. The summed E-state index contributed by atoms with van der Waals surface area (Å²) in [6.45, 7) is 3.16. The molecule has 1 fully saturated rings. The molecule has 1 aliphatic heterocycles. The van der Waals surface area contributed by atoms with Gasteiger partial charge in [0.15, 0.2) is 5.82 Å². The molecule has 21 heavy (non-hydrogen) atoms. The summed E-state index contributed by atoms with van der Waals surface area (Å²) in [5.74, 6) is 1.57. The molecule has 8 heteroatoms. The van der Waals surface area contributed by atoms with Gasteiger partial charge in [-0.3, -0.25) is 4.79 Å². The molecule has 0 spiro atoms. The Bertz CT molecular complexity index is 695. The topological polar surface area (TPSA) is 91.1 Å². The van der Waals surface area contributed by atoms with Gasteiger partial charge in [0.2, 0.25) is 0 Å². The van der Waals surface area contributed by atoms with Crippen LogP contribution in [0.1, 0.15) is 0 Å². The van der Waals surface area contributed by atoms with Crippen LogP contribution < -0.4 is 21.1 Å². The van der Waals surface area contributed by atoms with Crippen LogP contribution >= 0.6 is 22.6 Å². The van der Waals surface area contributed by atoms with Crippen molar-refractivity contribution in [2.45, 2.75) is 0 Å². The monoisotopic (exact) mass is 398 g/mol. The molecular formula is C13H15IN6O. The lowest BCUT2D eigenvalue weighted by Crippen LogP contribution is -2.48. The van der Waals surface area contributed by atoms with Gasteiger partial charge in [0, 0.05) is 32.4 Å². The summed E-state index contributed by atoms with van der Waals surface area (Å²) >= 11 is 2.04. The molecule has 0 unspecified atom stereocenters. The zero-order valence-corrected chi connectivity index (χ0v) is 13.4. The van der Waals surface area contributed by atoms with Gasteiger partial charge in [0.25, 0.3) is 5.56 Å². The highest BCUT2D eigenvalue weighted by Crippen LogP contribution is 2.23. The predicted molar refractivity (Wildman–Crippen MR) is 90.7 cm³/mol. The second-order valence-electron chi connectivity index (χ2n) is 4.76. The van der Waals surface area contributed by atoms with Crippen LogP contribution in [0, 0.1) is 3.57 Å². The second-order valence-corrected chi connectivity index (χ2v) is 5.84. The van der Waals surface area contributed by atoms with E-state index in [1.54, 1.807) is 6.20 Å². The van der Waals surface area contributed by atoms with Crippen LogP contribution in [0.3, 0.4) is 0 Å². The number of nitrogens with zero attached hydrogens (tertiary/aromatic N) is 4. The second kappa shape index (κ2) is 5.88. The Balaban J connectivity index is 1.75. The van der Waals surface area contributed by atoms with Crippen molar-refractivity contribution in [1.29, 1.82) is 0 Å². The number of hydrogen-bond donors (Lipinski definition) is 2. The van der Waals surface area contributed by atoms with E-state index < -0.39 is 0 Å². The average molecular weight is 398 g/mol. The molecule has 2 aromatic heterocycles. The molecule has 0 aromatic carbocycles. The molecule has 0 bridgehead atoms. The van der Waals surface area contributed by atoms with Gasteiger partial charge in [-0.15, -0.1) is 0 Å². The first-order valence-electron chi connectivity index (χ1n) is 6.60. The van der Waals surface area contributed by atoms with Crippen molar-refractivity contribution in [1.82, 2.24) is 15.0 Å². The third-order valence-electron chi connectivity index (χ3n) is 3.47. The van der Waals surface area contributed by atoms with Gasteiger partial charge in [-0.25, -0.2) is 9.97 Å². The van der Waals surface area contributed by atoms with E-state index in [0.29, 0.717) is 9.26 Å². The van der Waals surface area contributed by atoms with Crippen molar-refractivity contribution in [3.05, 3.63) is 38.6 Å². The number of hydrogen-bond acceptors (Lipinski definition) is 6. The number of H-pyrrole nitrogens is 1. The van der Waals surface area contributed by atoms with Crippen molar-refractivity contribution in [2.24, 2.45) is 0 Å². The smallest absolute Gasteiger partial charge is 0.266 e. The van der Waals surface area contributed by atoms with E-state index in [2.05, 4.69) is 24.8 Å². The van der Waals surface area contributed by atoms with Crippen LogP contribution in [0.2, 0.25) is 0 Å². The Morgan fingerprint density at radius 1 is 1.14 bits per heavy atom. The maximum Gasteiger partial charge on any atom is 0.266 e. The minimum absolute atomic E-state index is 0.1000. The molecule has 0 radical (unpaired) electrons. The van der Waals surface area contributed by atoms with E-state index >= 15 is 0 Å². The van der Waals surface area contributed by atoms with E-state index in [0.717, 1.165) is 37.8 Å². The van der Waals surface area contributed by atoms with Gasteiger partial charge >= 0.3 is 0 Å². The Morgan fingerprint density at radius 2 is 1.81 bits per heavy atom. The molecule has 1 saturated heterocycles. The van der Waals surface area contributed by atoms with Crippen molar-refractivity contribution < 1.29 is 0 Å². The SMILES string of the molecule is Nc1cccnc1N1CCN(c2nc[nH]c(=O)c2I)CC1. The molecule has 110 valence electrons. The number of nitrogens with one attached hydrogen (secondary N) is 1. The van der Waals surface area contributed by atoms with Crippen molar-refractivity contribution in [3.63, 3.8) is 0 Å². The molecule has 3 N–H and O–H groups in total. The zero-order chi connectivity index (χ0) is 14.8. The maximum absolute atomic E-state index is 11.6. The first kappa shape index (κ1) is 14.1. The molecule has 3 heterocycles. The van der Waals surface area contributed by atoms with Gasteiger partial charge in [-0.2, -0.15) is 0 Å². The third-order valence-corrected chi connectivity index (χ3v) is 4.45. The highest BCUT2D eigenvalue weighted by molar-refractivity contribution is 14.1. The van der Waals surface area contributed by atoms with Gasteiger partial charge in [-0.1, -0.05) is 0 Å². The number of anilines is 3. The van der Waals surface area contributed by atoms with Crippen LogP contribution in [0.15, 0.2) is 29.5 Å². The van der Waals surface area contributed by atoms with Crippen LogP contribution in [-0.4, -0.2) is 41.1 Å². The minimum atomic E-state index is -0.1000. The standard InChI is InChI=1S/C13H15IN6O/c14-10-12(17-8-18-13(10)21)20-6-4-19(5-7-20)11-9(15)2-1-3-16-11/h1-3,8H,4-7,15H2,(H,17,18,21). The Kier molecular flexibility index (Phi) is 3.95. The Labute approximate surface area is 135 Å². The van der Waals surface area contributed by atoms with E-state index in [-0.39, 0.29) is 5.56 Å². The summed E-state index contributed by atoms with van der Waals surface area (Å²) in [4.78, 5) is 27.1. The number of aromatic amines is 1. The van der Waals surface area contributed by atoms with Gasteiger partial charge < -0.3 is 20.5 Å². The minimum Gasteiger partial charge on any atom is -0.396 e. The van der Waals surface area contributed by atoms with Crippen molar-refractivity contribution >= 4 is 39.9 Å². The van der Waals surface area contributed by atoms with Gasteiger partial charge in [0.1, 0.15) is 9.39 Å². The van der Waals surface area contributed by atoms with Crippen LogP contribution in [-0.2, 0) is 0 Å². The van der Waals surface area contributed by atoms with Crippen LogP contribution in [0.25, 0.3) is 0 Å². The molecule has 0 aliphatic carbocycles. The molecule has 0 atom stereocenters. The average Bonchev–Trinajstić information content (AvgIpc) is 2.51. The molecule has 0 amide bonds. The molecule has 1 aliphatic rings. The molecule has 7 nitrogen and oxygen atoms in total. The predicted octanol–water partition coefficient (Wildman–Crippen LogP) is 0.678. The molecule has 2 aromatic rings. The highest BCUT2D eigenvalue weighted by Gasteiger charge is 2.22. The van der Waals surface area contributed by atoms with E-state index in [1.165, 1.54) is 6.33 Å². The lowest BCUT2D eigenvalue weighted by Gasteiger charge is -2.36. The summed E-state index contributed by atoms with van der Waals surface area (Å²) in [6.07, 6.45) is 3.20. The molecular weight excluding hydrogens is 383 g/mol. The normalized spacial score (nSPS) is 15.3. The first-order valence-corrected chi connectivity index (χ1v) is 7.68. The Hall–Kier alpha value is -1.84. The first-order chi connectivity index (χ1) is 10.2. The number of piperazine rings is 1. The number of pyridine rings is 1. The summed E-state index contributed by atoms with van der Waals surface area (Å²) in [5, 5.41) is 0. The largest absolute Gasteiger partial charge is 0.396 e. The van der Waals surface area contributed by atoms with Gasteiger partial charge in [-0.05, 0) is 34.7 Å². The van der Waals surface area contributed by atoms with Crippen molar-refractivity contribution in [3.8, 4) is 0 Å². The zero-order valence-electron chi connectivity index (χ0n) is 11.3. The number of rotatable bonds is 2. The van der Waals surface area contributed by atoms with Gasteiger partial charge in [0.05, 0.1) is 12.0 Å². The quantitative estimate of drug-likeness (QED) is 0.724. The molecule has 3 rings (SSSR count). The maximum atomic E-state index is 11.6. The highest BCUT2D eigenvalue weighted by atomic mass is 127. The van der Waals surface area contributed by atoms with Crippen molar-refractivity contribution in [2.75, 3.05) is 41.7 Å². The van der Waals surface area contributed by atoms with E-state index in [4.69, 9.17) is 5.73 Å². The third kappa shape index (κ3) is 2.80. The lowest BCUT2D eigenvalue weighted by atomic mass is 10.3. The number of nitrogens with two attached hydrogens (primary N) is 1. The van der Waals surface area contributed by atoms with E-state index in [9.17, 15) is 4.79 Å². The summed E-state index contributed by atoms with van der Waals surface area (Å²) in [6, 6.07) is 3.69. The summed E-state index contributed by atoms with van der Waals surface area (Å²) in [7, 11) is 0. The number of halogens is 1. The lowest BCUT2D eigenvalue weighted by molar-refractivity contribution is 0.640. The fourth-order valence-corrected chi connectivity index (χ4v) is 3.03. The summed E-state index contributed by atoms with van der Waals surface area (Å²) < 4.78 is 0.626. The number of nitrogen functional groups attached to an aromatic ring is 1. The van der Waals surface area contributed by atoms with Crippen LogP contribution in [0.4, 0.5) is 17.3 Å². The summed E-state index contributed by atoms with van der Waals surface area (Å²) in [5.41, 5.74) is 6.55. The van der Waals surface area contributed by atoms with Crippen LogP contribution in [0.5, 0.6) is 0 Å².